The number of hydrogen-bond acceptors (Lipinski definition) is 6. The van der Waals surface area contributed by atoms with Gasteiger partial charge in [0.2, 0.25) is 0 Å². The van der Waals surface area contributed by atoms with E-state index < -0.39 is 29.7 Å². The molecule has 0 radical (unpaired) electrons. The van der Waals surface area contributed by atoms with Crippen LogP contribution < -0.4 is 0 Å². The molecule has 6 nitrogen and oxygen atoms in total. The van der Waals surface area contributed by atoms with E-state index in [4.69, 9.17) is 18.9 Å². The average molecular weight is 344 g/mol. The third-order valence-corrected chi connectivity index (χ3v) is 4.53. The number of methoxy groups -OCH3 is 2. The molecule has 3 atom stereocenters. The Bertz CT molecular complexity index is 736. The molecule has 1 aromatic rings. The maximum absolute atomic E-state index is 12.4. The van der Waals surface area contributed by atoms with Crippen molar-refractivity contribution in [1.29, 1.82) is 0 Å². The van der Waals surface area contributed by atoms with E-state index in [-0.39, 0.29) is 11.1 Å². The first kappa shape index (κ1) is 17.4. The second kappa shape index (κ2) is 6.82. The summed E-state index contributed by atoms with van der Waals surface area (Å²) >= 11 is 0. The Balaban J connectivity index is 1.89. The van der Waals surface area contributed by atoms with Crippen LogP contribution in [0.5, 0.6) is 0 Å². The normalized spacial score (nSPS) is 25.2. The van der Waals surface area contributed by atoms with E-state index in [0.717, 1.165) is 5.56 Å². The van der Waals surface area contributed by atoms with E-state index in [1.54, 1.807) is 19.1 Å². The number of carbonyl (C=O) groups excluding carboxylic acids is 2. The molecule has 25 heavy (non-hydrogen) atoms. The van der Waals surface area contributed by atoms with Crippen molar-refractivity contribution in [1.82, 2.24) is 0 Å². The molecule has 0 N–H and O–H groups in total. The van der Waals surface area contributed by atoms with Crippen LogP contribution in [0.3, 0.4) is 0 Å². The topological polar surface area (TPSA) is 71.1 Å². The first-order valence-electron chi connectivity index (χ1n) is 7.97. The Kier molecular flexibility index (Phi) is 4.74. The van der Waals surface area contributed by atoms with Gasteiger partial charge in [-0.1, -0.05) is 36.4 Å². The molecule has 2 bridgehead atoms. The van der Waals surface area contributed by atoms with Crippen molar-refractivity contribution in [3.05, 3.63) is 59.2 Å². The van der Waals surface area contributed by atoms with Gasteiger partial charge >= 0.3 is 11.9 Å². The van der Waals surface area contributed by atoms with Crippen molar-refractivity contribution in [2.24, 2.45) is 0 Å². The number of fused-ring (bicyclic) bond motifs is 2. The molecule has 3 unspecified atom stereocenters. The Labute approximate surface area is 146 Å². The number of ether oxygens (including phenoxy) is 4. The molecule has 132 valence electrons. The minimum atomic E-state index is -1.16. The van der Waals surface area contributed by atoms with E-state index in [1.165, 1.54) is 14.2 Å². The second-order valence-corrected chi connectivity index (χ2v) is 5.90. The van der Waals surface area contributed by atoms with E-state index in [2.05, 4.69) is 0 Å². The Morgan fingerprint density at radius 3 is 2.48 bits per heavy atom. The number of benzene rings is 1. The fraction of sp³-hybridized carbons (Fsp3) is 0.368. The third kappa shape index (κ3) is 2.88. The summed E-state index contributed by atoms with van der Waals surface area (Å²) < 4.78 is 21.6. The van der Waals surface area contributed by atoms with Crippen LogP contribution in [-0.2, 0) is 35.1 Å². The molecule has 0 saturated carbocycles. The second-order valence-electron chi connectivity index (χ2n) is 5.90. The number of carbonyl (C=O) groups is 2. The zero-order chi connectivity index (χ0) is 18.0. The van der Waals surface area contributed by atoms with Gasteiger partial charge in [-0.15, -0.1) is 0 Å². The van der Waals surface area contributed by atoms with Crippen molar-refractivity contribution in [3.63, 3.8) is 0 Å². The summed E-state index contributed by atoms with van der Waals surface area (Å²) in [5.74, 6) is -1.23. The average Bonchev–Trinajstić information content (AvgIpc) is 3.23. The highest BCUT2D eigenvalue weighted by Gasteiger charge is 2.57. The summed E-state index contributed by atoms with van der Waals surface area (Å²) in [6, 6.07) is 9.67. The quantitative estimate of drug-likeness (QED) is 0.580. The molecule has 0 amide bonds. The minimum absolute atomic E-state index is 0.148. The summed E-state index contributed by atoms with van der Waals surface area (Å²) in [6.45, 7) is 2.16. The fourth-order valence-electron chi connectivity index (χ4n) is 3.22. The molecular weight excluding hydrogens is 324 g/mol. The van der Waals surface area contributed by atoms with E-state index in [0.29, 0.717) is 6.61 Å². The van der Waals surface area contributed by atoms with E-state index in [9.17, 15) is 9.59 Å². The van der Waals surface area contributed by atoms with Gasteiger partial charge in [0.15, 0.2) is 0 Å². The summed E-state index contributed by atoms with van der Waals surface area (Å²) in [7, 11) is 2.53. The molecule has 2 aliphatic heterocycles. The Morgan fingerprint density at radius 2 is 1.84 bits per heavy atom. The highest BCUT2D eigenvalue weighted by molar-refractivity contribution is 6.05. The molecule has 0 fully saturated rings. The maximum Gasteiger partial charge on any atom is 0.337 e. The van der Waals surface area contributed by atoms with Crippen LogP contribution in [0.2, 0.25) is 0 Å². The van der Waals surface area contributed by atoms with Crippen LogP contribution in [0.15, 0.2) is 53.6 Å². The standard InChI is InChI=1S/C19H20O6/c1-12(24-11-13-7-5-4-6-8-13)19-10-9-14(25-19)15(17(20)22-2)16(19)18(21)23-3/h4-10,12,14H,11H2,1-3H3. The fourth-order valence-corrected chi connectivity index (χ4v) is 3.22. The molecule has 0 aromatic heterocycles. The van der Waals surface area contributed by atoms with Crippen LogP contribution in [0, 0.1) is 0 Å². The molecule has 2 aliphatic rings. The van der Waals surface area contributed by atoms with E-state index >= 15 is 0 Å². The van der Waals surface area contributed by atoms with Crippen LogP contribution in [0.1, 0.15) is 12.5 Å². The number of hydrogen-bond donors (Lipinski definition) is 0. The van der Waals surface area contributed by atoms with Gasteiger partial charge in [-0.25, -0.2) is 9.59 Å². The summed E-state index contributed by atoms with van der Waals surface area (Å²) in [5.41, 5.74) is 0.164. The molecule has 2 heterocycles. The molecule has 3 rings (SSSR count). The largest absolute Gasteiger partial charge is 0.466 e. The van der Waals surface area contributed by atoms with E-state index in [1.807, 2.05) is 30.3 Å². The molecular formula is C19H20O6. The van der Waals surface area contributed by atoms with Crippen LogP contribution >= 0.6 is 0 Å². The molecule has 0 aliphatic carbocycles. The highest BCUT2D eigenvalue weighted by atomic mass is 16.6. The van der Waals surface area contributed by atoms with Gasteiger partial charge in [0.25, 0.3) is 0 Å². The van der Waals surface area contributed by atoms with Crippen molar-refractivity contribution in [3.8, 4) is 0 Å². The summed E-state index contributed by atoms with van der Waals surface area (Å²) in [5, 5.41) is 0. The smallest absolute Gasteiger partial charge is 0.337 e. The SMILES string of the molecule is COC(=O)C1=C(C(=O)OC)C2(C(C)OCc3ccccc3)C=CC1O2. The van der Waals surface area contributed by atoms with Crippen molar-refractivity contribution in [2.75, 3.05) is 14.2 Å². The van der Waals surface area contributed by atoms with Crippen molar-refractivity contribution < 1.29 is 28.5 Å². The molecule has 6 heteroatoms. The lowest BCUT2D eigenvalue weighted by Gasteiger charge is -2.31. The van der Waals surface area contributed by atoms with Gasteiger partial charge < -0.3 is 18.9 Å². The first-order valence-corrected chi connectivity index (χ1v) is 7.97. The monoisotopic (exact) mass is 344 g/mol. The molecule has 0 saturated heterocycles. The third-order valence-electron chi connectivity index (χ3n) is 4.53. The van der Waals surface area contributed by atoms with Gasteiger partial charge in [-0.05, 0) is 18.6 Å². The highest BCUT2D eigenvalue weighted by Crippen LogP contribution is 2.47. The lowest BCUT2D eigenvalue weighted by atomic mass is 9.83. The Morgan fingerprint density at radius 1 is 1.16 bits per heavy atom. The van der Waals surface area contributed by atoms with Crippen LogP contribution in [-0.4, -0.2) is 44.0 Å². The molecule has 0 spiro atoms. The predicted molar refractivity (Wildman–Crippen MR) is 88.5 cm³/mol. The minimum Gasteiger partial charge on any atom is -0.466 e. The number of rotatable bonds is 6. The lowest BCUT2D eigenvalue weighted by Crippen LogP contribution is -2.44. The maximum atomic E-state index is 12.4. The number of esters is 2. The Hall–Kier alpha value is -2.44. The van der Waals surface area contributed by atoms with Gasteiger partial charge in [-0.3, -0.25) is 0 Å². The first-order chi connectivity index (χ1) is 12.0. The van der Waals surface area contributed by atoms with Gasteiger partial charge in [-0.2, -0.15) is 0 Å². The van der Waals surface area contributed by atoms with Crippen molar-refractivity contribution in [2.45, 2.75) is 31.3 Å². The van der Waals surface area contributed by atoms with Crippen LogP contribution in [0.4, 0.5) is 0 Å². The van der Waals surface area contributed by atoms with Gasteiger partial charge in [0.1, 0.15) is 11.7 Å². The van der Waals surface area contributed by atoms with Gasteiger partial charge in [0, 0.05) is 0 Å². The zero-order valence-electron chi connectivity index (χ0n) is 14.4. The van der Waals surface area contributed by atoms with Gasteiger partial charge in [0.05, 0.1) is 38.1 Å². The summed E-state index contributed by atoms with van der Waals surface area (Å²) in [6.07, 6.45) is 2.35. The predicted octanol–water partition coefficient (Wildman–Crippen LogP) is 1.94. The van der Waals surface area contributed by atoms with Crippen LogP contribution in [0.25, 0.3) is 0 Å². The van der Waals surface area contributed by atoms with Crippen molar-refractivity contribution >= 4 is 11.9 Å². The molecule has 1 aromatic carbocycles. The zero-order valence-corrected chi connectivity index (χ0v) is 14.4. The lowest BCUT2D eigenvalue weighted by molar-refractivity contribution is -0.141. The summed E-state index contributed by atoms with van der Waals surface area (Å²) in [4.78, 5) is 24.5.